The van der Waals surface area contributed by atoms with Gasteiger partial charge in [-0.1, -0.05) is 0 Å². The van der Waals surface area contributed by atoms with Crippen molar-refractivity contribution < 1.29 is 9.53 Å². The molecule has 8 heteroatoms. The molecule has 0 radical (unpaired) electrons. The average molecular weight is 344 g/mol. The topological polar surface area (TPSA) is 76.4 Å². The molecule has 8 nitrogen and oxygen atoms in total. The largest absolute Gasteiger partial charge is 0.477 e. The van der Waals surface area contributed by atoms with Crippen LogP contribution in [-0.4, -0.2) is 75.0 Å². The fourth-order valence-electron chi connectivity index (χ4n) is 3.10. The summed E-state index contributed by atoms with van der Waals surface area (Å²) >= 11 is 0. The van der Waals surface area contributed by atoms with Crippen LogP contribution in [0.5, 0.6) is 5.88 Å². The molecule has 0 spiro atoms. The van der Waals surface area contributed by atoms with E-state index in [1.807, 2.05) is 18.7 Å². The number of hydrogen-bond acceptors (Lipinski definition) is 6. The molecule has 3 rings (SSSR count). The zero-order valence-corrected chi connectivity index (χ0v) is 15.1. The number of rotatable bonds is 4. The van der Waals surface area contributed by atoms with E-state index in [-0.39, 0.29) is 11.9 Å². The van der Waals surface area contributed by atoms with Gasteiger partial charge >= 0.3 is 0 Å². The smallest absolute Gasteiger partial charge is 0.257 e. The highest BCUT2D eigenvalue weighted by molar-refractivity contribution is 5.95. The molecule has 1 unspecified atom stereocenters. The van der Waals surface area contributed by atoms with Gasteiger partial charge in [0, 0.05) is 31.7 Å². The van der Waals surface area contributed by atoms with Crippen molar-refractivity contribution >= 4 is 5.91 Å². The molecule has 134 valence electrons. The van der Waals surface area contributed by atoms with E-state index < -0.39 is 0 Å². The number of likely N-dealkylation sites (N-methyl/N-ethyl adjacent to an activating group) is 1. The molecule has 1 aliphatic rings. The van der Waals surface area contributed by atoms with Crippen molar-refractivity contribution in [1.82, 2.24) is 29.8 Å². The van der Waals surface area contributed by atoms with Crippen LogP contribution in [0.15, 0.2) is 18.3 Å². The summed E-state index contributed by atoms with van der Waals surface area (Å²) in [6.45, 7) is 8.87. The summed E-state index contributed by atoms with van der Waals surface area (Å²) in [4.78, 5) is 17.1. The lowest BCUT2D eigenvalue weighted by molar-refractivity contribution is 0.0533. The minimum atomic E-state index is 0.0169. The summed E-state index contributed by atoms with van der Waals surface area (Å²) in [7, 11) is 2.08. The number of hydrogen-bond donors (Lipinski definition) is 0. The third kappa shape index (κ3) is 3.48. The Morgan fingerprint density at radius 1 is 1.32 bits per heavy atom. The SMILES string of the molecule is CCOc1ccc(-n2ncc(C(=O)N3CCN(C)CC3C)c2C)nn1. The van der Waals surface area contributed by atoms with Gasteiger partial charge in [-0.25, -0.2) is 4.68 Å². The van der Waals surface area contributed by atoms with E-state index in [4.69, 9.17) is 4.74 Å². The van der Waals surface area contributed by atoms with Crippen LogP contribution in [-0.2, 0) is 0 Å². The van der Waals surface area contributed by atoms with Gasteiger partial charge in [0.2, 0.25) is 5.88 Å². The molecule has 0 bridgehead atoms. The number of ether oxygens (including phenoxy) is 1. The number of amides is 1. The van der Waals surface area contributed by atoms with Crippen LogP contribution in [0.1, 0.15) is 29.9 Å². The van der Waals surface area contributed by atoms with Gasteiger partial charge in [0.1, 0.15) is 0 Å². The molecule has 1 saturated heterocycles. The van der Waals surface area contributed by atoms with Gasteiger partial charge < -0.3 is 14.5 Å². The van der Waals surface area contributed by atoms with E-state index in [2.05, 4.69) is 34.2 Å². The Labute approximate surface area is 147 Å². The minimum absolute atomic E-state index is 0.0169. The fourth-order valence-corrected chi connectivity index (χ4v) is 3.10. The molecule has 0 N–H and O–H groups in total. The van der Waals surface area contributed by atoms with Gasteiger partial charge in [0.25, 0.3) is 5.91 Å². The van der Waals surface area contributed by atoms with Crippen LogP contribution < -0.4 is 4.74 Å². The first-order valence-corrected chi connectivity index (χ1v) is 8.52. The summed E-state index contributed by atoms with van der Waals surface area (Å²) in [5.74, 6) is 1.05. The standard InChI is InChI=1S/C17H24N6O2/c1-5-25-16-7-6-15(19-20-16)23-13(3)14(10-18-23)17(24)22-9-8-21(4)11-12(22)2/h6-7,10,12H,5,8-9,11H2,1-4H3. The molecule has 3 heterocycles. The van der Waals surface area contributed by atoms with E-state index in [9.17, 15) is 4.79 Å². The van der Waals surface area contributed by atoms with E-state index in [0.29, 0.717) is 23.9 Å². The molecule has 1 fully saturated rings. The molecule has 0 saturated carbocycles. The van der Waals surface area contributed by atoms with Gasteiger partial charge in [0.15, 0.2) is 5.82 Å². The molecule has 2 aromatic rings. The quantitative estimate of drug-likeness (QED) is 0.828. The predicted octanol–water partition coefficient (Wildman–Crippen LogP) is 1.15. The minimum Gasteiger partial charge on any atom is -0.477 e. The van der Waals surface area contributed by atoms with Crippen molar-refractivity contribution in [3.63, 3.8) is 0 Å². The van der Waals surface area contributed by atoms with Gasteiger partial charge in [-0.3, -0.25) is 4.79 Å². The second kappa shape index (κ2) is 7.18. The van der Waals surface area contributed by atoms with Gasteiger partial charge in [0.05, 0.1) is 24.1 Å². The highest BCUT2D eigenvalue weighted by Gasteiger charge is 2.28. The highest BCUT2D eigenvalue weighted by Crippen LogP contribution is 2.18. The first-order chi connectivity index (χ1) is 12.0. The summed E-state index contributed by atoms with van der Waals surface area (Å²) in [5, 5.41) is 12.5. The Hall–Kier alpha value is -2.48. The normalized spacial score (nSPS) is 18.4. The maximum absolute atomic E-state index is 12.9. The lowest BCUT2D eigenvalue weighted by Crippen LogP contribution is -2.52. The monoisotopic (exact) mass is 344 g/mol. The van der Waals surface area contributed by atoms with Gasteiger partial charge in [-0.05, 0) is 33.9 Å². The van der Waals surface area contributed by atoms with E-state index in [1.165, 1.54) is 0 Å². The average Bonchev–Trinajstić information content (AvgIpc) is 2.97. The predicted molar refractivity (Wildman–Crippen MR) is 93.1 cm³/mol. The molecule has 25 heavy (non-hydrogen) atoms. The van der Waals surface area contributed by atoms with Crippen LogP contribution >= 0.6 is 0 Å². The number of aromatic nitrogens is 4. The zero-order chi connectivity index (χ0) is 18.0. The van der Waals surface area contributed by atoms with Crippen LogP contribution in [0.2, 0.25) is 0 Å². The van der Waals surface area contributed by atoms with Gasteiger partial charge in [-0.15, -0.1) is 10.2 Å². The van der Waals surface area contributed by atoms with E-state index in [1.54, 1.807) is 23.0 Å². The Bertz CT molecular complexity index is 742. The molecule has 1 amide bonds. The summed E-state index contributed by atoms with van der Waals surface area (Å²) in [6.07, 6.45) is 1.61. The Balaban J connectivity index is 1.82. The van der Waals surface area contributed by atoms with Crippen molar-refractivity contribution in [2.24, 2.45) is 0 Å². The Morgan fingerprint density at radius 2 is 2.12 bits per heavy atom. The van der Waals surface area contributed by atoms with Crippen molar-refractivity contribution in [3.05, 3.63) is 29.6 Å². The van der Waals surface area contributed by atoms with Gasteiger partial charge in [-0.2, -0.15) is 5.10 Å². The van der Waals surface area contributed by atoms with E-state index in [0.717, 1.165) is 25.3 Å². The lowest BCUT2D eigenvalue weighted by Gasteiger charge is -2.38. The summed E-state index contributed by atoms with van der Waals surface area (Å²) in [6, 6.07) is 3.71. The molecule has 2 aromatic heterocycles. The van der Waals surface area contributed by atoms with E-state index >= 15 is 0 Å². The van der Waals surface area contributed by atoms with Crippen molar-refractivity contribution in [3.8, 4) is 11.7 Å². The van der Waals surface area contributed by atoms with Crippen molar-refractivity contribution in [2.45, 2.75) is 26.8 Å². The van der Waals surface area contributed by atoms with Crippen molar-refractivity contribution in [1.29, 1.82) is 0 Å². The third-order valence-electron chi connectivity index (χ3n) is 4.47. The third-order valence-corrected chi connectivity index (χ3v) is 4.47. The molecule has 0 aromatic carbocycles. The molecule has 1 aliphatic heterocycles. The second-order valence-electron chi connectivity index (χ2n) is 6.33. The second-order valence-corrected chi connectivity index (χ2v) is 6.33. The fraction of sp³-hybridized carbons (Fsp3) is 0.529. The summed E-state index contributed by atoms with van der Waals surface area (Å²) < 4.78 is 6.94. The maximum Gasteiger partial charge on any atom is 0.257 e. The number of piperazine rings is 1. The van der Waals surface area contributed by atoms with Crippen LogP contribution in [0.3, 0.4) is 0 Å². The first kappa shape index (κ1) is 17.3. The number of carbonyl (C=O) groups excluding carboxylic acids is 1. The maximum atomic E-state index is 12.9. The lowest BCUT2D eigenvalue weighted by atomic mass is 10.1. The number of nitrogens with zero attached hydrogens (tertiary/aromatic N) is 6. The summed E-state index contributed by atoms with van der Waals surface area (Å²) in [5.41, 5.74) is 1.36. The molecule has 1 atom stereocenters. The Morgan fingerprint density at radius 3 is 2.76 bits per heavy atom. The highest BCUT2D eigenvalue weighted by atomic mass is 16.5. The molecular formula is C17H24N6O2. The Kier molecular flexibility index (Phi) is 4.98. The number of carbonyl (C=O) groups is 1. The first-order valence-electron chi connectivity index (χ1n) is 8.52. The zero-order valence-electron chi connectivity index (χ0n) is 15.1. The van der Waals surface area contributed by atoms with Crippen LogP contribution in [0.25, 0.3) is 5.82 Å². The van der Waals surface area contributed by atoms with Crippen LogP contribution in [0, 0.1) is 6.92 Å². The van der Waals surface area contributed by atoms with Crippen molar-refractivity contribution in [2.75, 3.05) is 33.3 Å². The molecule has 0 aliphatic carbocycles. The van der Waals surface area contributed by atoms with Crippen LogP contribution in [0.4, 0.5) is 0 Å². The molecular weight excluding hydrogens is 320 g/mol.